The number of rotatable bonds is 6. The fraction of sp³-hybridized carbons (Fsp3) is 0.455. The third-order valence-electron chi connectivity index (χ3n) is 2.09. The van der Waals surface area contributed by atoms with Crippen LogP contribution in [0.4, 0.5) is 0 Å². The van der Waals surface area contributed by atoms with Crippen LogP contribution in [0.3, 0.4) is 0 Å². The van der Waals surface area contributed by atoms with Crippen LogP contribution in [0.2, 0.25) is 0 Å². The van der Waals surface area contributed by atoms with Crippen LogP contribution in [0, 0.1) is 0 Å². The molecule has 1 aromatic rings. The number of hydrogen-bond donors (Lipinski definition) is 1. The molecular formula is C11H15BrO4. The van der Waals surface area contributed by atoms with Gasteiger partial charge in [0.1, 0.15) is 12.4 Å². The highest BCUT2D eigenvalue weighted by atomic mass is 79.9. The second-order valence-electron chi connectivity index (χ2n) is 3.12. The van der Waals surface area contributed by atoms with Gasteiger partial charge in [0.15, 0.2) is 6.29 Å². The topological polar surface area (TPSA) is 47.9 Å². The zero-order chi connectivity index (χ0) is 12.0. The summed E-state index contributed by atoms with van der Waals surface area (Å²) in [7, 11) is 3.10. The van der Waals surface area contributed by atoms with E-state index in [1.54, 1.807) is 20.3 Å². The Balaban J connectivity index is 2.65. The molecule has 0 aliphatic carbocycles. The molecule has 0 unspecified atom stereocenters. The van der Waals surface area contributed by atoms with E-state index in [0.717, 1.165) is 10.0 Å². The van der Waals surface area contributed by atoms with Crippen molar-refractivity contribution >= 4 is 15.9 Å². The largest absolute Gasteiger partial charge is 0.488 e. The van der Waals surface area contributed by atoms with Gasteiger partial charge in [0.25, 0.3) is 0 Å². The van der Waals surface area contributed by atoms with Crippen molar-refractivity contribution in [2.45, 2.75) is 12.9 Å². The average molecular weight is 291 g/mol. The van der Waals surface area contributed by atoms with Crippen LogP contribution in [-0.4, -0.2) is 32.2 Å². The predicted octanol–water partition coefficient (Wildman–Crippen LogP) is 1.94. The number of hydrogen-bond acceptors (Lipinski definition) is 4. The highest BCUT2D eigenvalue weighted by molar-refractivity contribution is 9.10. The van der Waals surface area contributed by atoms with Crippen LogP contribution in [-0.2, 0) is 16.1 Å². The normalized spacial score (nSPS) is 10.8. The van der Waals surface area contributed by atoms with Gasteiger partial charge in [0, 0.05) is 24.3 Å². The number of aliphatic hydroxyl groups is 1. The van der Waals surface area contributed by atoms with E-state index in [1.165, 1.54) is 0 Å². The Morgan fingerprint density at radius 1 is 1.31 bits per heavy atom. The molecule has 0 aliphatic rings. The Kier molecular flexibility index (Phi) is 5.76. The number of benzene rings is 1. The zero-order valence-electron chi connectivity index (χ0n) is 9.27. The molecule has 90 valence electrons. The number of aliphatic hydroxyl groups excluding tert-OH is 1. The molecule has 0 radical (unpaired) electrons. The quantitative estimate of drug-likeness (QED) is 0.814. The molecule has 16 heavy (non-hydrogen) atoms. The van der Waals surface area contributed by atoms with E-state index >= 15 is 0 Å². The second-order valence-corrected chi connectivity index (χ2v) is 4.04. The minimum Gasteiger partial charge on any atom is -0.488 e. The van der Waals surface area contributed by atoms with Gasteiger partial charge in [-0.1, -0.05) is 15.9 Å². The van der Waals surface area contributed by atoms with E-state index in [1.807, 2.05) is 12.1 Å². The first kappa shape index (κ1) is 13.4. The van der Waals surface area contributed by atoms with Crippen molar-refractivity contribution in [2.75, 3.05) is 20.8 Å². The lowest BCUT2D eigenvalue weighted by Crippen LogP contribution is -2.22. The van der Waals surface area contributed by atoms with Crippen molar-refractivity contribution < 1.29 is 19.3 Å². The predicted molar refractivity (Wildman–Crippen MR) is 63.4 cm³/mol. The van der Waals surface area contributed by atoms with Gasteiger partial charge in [-0.2, -0.15) is 0 Å². The second kappa shape index (κ2) is 6.85. The maximum absolute atomic E-state index is 9.16. The van der Waals surface area contributed by atoms with Gasteiger partial charge in [-0.05, 0) is 18.2 Å². The van der Waals surface area contributed by atoms with E-state index in [0.29, 0.717) is 5.75 Å². The van der Waals surface area contributed by atoms with Crippen molar-refractivity contribution in [3.63, 3.8) is 0 Å². The van der Waals surface area contributed by atoms with Gasteiger partial charge in [-0.25, -0.2) is 0 Å². The smallest absolute Gasteiger partial charge is 0.191 e. The zero-order valence-corrected chi connectivity index (χ0v) is 10.9. The Hall–Kier alpha value is -0.620. The monoisotopic (exact) mass is 290 g/mol. The minimum atomic E-state index is -0.407. The van der Waals surface area contributed by atoms with Crippen molar-refractivity contribution in [3.05, 3.63) is 28.2 Å². The lowest BCUT2D eigenvalue weighted by atomic mass is 10.2. The summed E-state index contributed by atoms with van der Waals surface area (Å²) in [6, 6.07) is 5.45. The first-order chi connectivity index (χ1) is 7.71. The van der Waals surface area contributed by atoms with Gasteiger partial charge in [0.2, 0.25) is 0 Å². The molecule has 5 heteroatoms. The third-order valence-corrected chi connectivity index (χ3v) is 2.59. The molecule has 0 saturated carbocycles. The number of methoxy groups -OCH3 is 2. The Morgan fingerprint density at radius 2 is 2.00 bits per heavy atom. The standard InChI is InChI=1S/C11H15BrO4/c1-14-11(15-2)7-16-10-4-3-9(12)5-8(10)6-13/h3-5,11,13H,6-7H2,1-2H3. The molecule has 0 spiro atoms. The summed E-state index contributed by atoms with van der Waals surface area (Å²) in [5.74, 6) is 0.629. The Labute approximate surface area is 103 Å². The minimum absolute atomic E-state index is 0.0700. The summed E-state index contributed by atoms with van der Waals surface area (Å²) in [6.07, 6.45) is -0.407. The first-order valence-corrected chi connectivity index (χ1v) is 5.58. The Bertz CT molecular complexity index is 326. The highest BCUT2D eigenvalue weighted by Crippen LogP contribution is 2.23. The fourth-order valence-electron chi connectivity index (χ4n) is 1.20. The number of halogens is 1. The average Bonchev–Trinajstić information content (AvgIpc) is 2.31. The molecule has 1 aromatic carbocycles. The molecule has 0 bridgehead atoms. The summed E-state index contributed by atoms with van der Waals surface area (Å²) >= 11 is 3.33. The molecule has 1 rings (SSSR count). The van der Waals surface area contributed by atoms with Crippen LogP contribution < -0.4 is 4.74 Å². The van der Waals surface area contributed by atoms with Crippen molar-refractivity contribution in [1.29, 1.82) is 0 Å². The molecule has 0 amide bonds. The van der Waals surface area contributed by atoms with E-state index in [-0.39, 0.29) is 13.2 Å². The summed E-state index contributed by atoms with van der Waals surface area (Å²) in [6.45, 7) is 0.209. The molecule has 0 aliphatic heterocycles. The fourth-order valence-corrected chi connectivity index (χ4v) is 1.61. The summed E-state index contributed by atoms with van der Waals surface area (Å²) in [4.78, 5) is 0. The molecular weight excluding hydrogens is 276 g/mol. The third kappa shape index (κ3) is 3.75. The summed E-state index contributed by atoms with van der Waals surface area (Å²) in [5, 5.41) is 9.16. The van der Waals surface area contributed by atoms with Crippen molar-refractivity contribution in [3.8, 4) is 5.75 Å². The summed E-state index contributed by atoms with van der Waals surface area (Å²) < 4.78 is 16.4. The van der Waals surface area contributed by atoms with Gasteiger partial charge in [-0.3, -0.25) is 0 Å². The van der Waals surface area contributed by atoms with Crippen LogP contribution in [0.5, 0.6) is 5.75 Å². The van der Waals surface area contributed by atoms with E-state index in [2.05, 4.69) is 15.9 Å². The van der Waals surface area contributed by atoms with Gasteiger partial charge >= 0.3 is 0 Å². The SMILES string of the molecule is COC(COc1ccc(Br)cc1CO)OC. The maximum atomic E-state index is 9.16. The van der Waals surface area contributed by atoms with Gasteiger partial charge in [0.05, 0.1) is 6.61 Å². The van der Waals surface area contributed by atoms with Crippen LogP contribution in [0.15, 0.2) is 22.7 Å². The van der Waals surface area contributed by atoms with Crippen molar-refractivity contribution in [2.24, 2.45) is 0 Å². The summed E-state index contributed by atoms with van der Waals surface area (Å²) in [5.41, 5.74) is 0.723. The van der Waals surface area contributed by atoms with Gasteiger partial charge in [-0.15, -0.1) is 0 Å². The van der Waals surface area contributed by atoms with E-state index in [4.69, 9.17) is 19.3 Å². The lowest BCUT2D eigenvalue weighted by Gasteiger charge is -2.16. The maximum Gasteiger partial charge on any atom is 0.191 e. The lowest BCUT2D eigenvalue weighted by molar-refractivity contribution is -0.122. The van der Waals surface area contributed by atoms with Crippen LogP contribution in [0.1, 0.15) is 5.56 Å². The molecule has 4 nitrogen and oxygen atoms in total. The van der Waals surface area contributed by atoms with Crippen LogP contribution >= 0.6 is 15.9 Å². The Morgan fingerprint density at radius 3 is 2.56 bits per heavy atom. The molecule has 1 N–H and O–H groups in total. The number of ether oxygens (including phenoxy) is 3. The molecule has 0 aromatic heterocycles. The van der Waals surface area contributed by atoms with Crippen LogP contribution in [0.25, 0.3) is 0 Å². The van der Waals surface area contributed by atoms with Crippen molar-refractivity contribution in [1.82, 2.24) is 0 Å². The van der Waals surface area contributed by atoms with E-state index < -0.39 is 6.29 Å². The molecule has 0 saturated heterocycles. The molecule has 0 atom stereocenters. The first-order valence-electron chi connectivity index (χ1n) is 4.79. The molecule has 0 fully saturated rings. The molecule has 0 heterocycles. The highest BCUT2D eigenvalue weighted by Gasteiger charge is 2.08. The van der Waals surface area contributed by atoms with Gasteiger partial charge < -0.3 is 19.3 Å². The van der Waals surface area contributed by atoms with E-state index in [9.17, 15) is 0 Å².